The maximum Gasteiger partial charge on any atom is 0.411 e. The van der Waals surface area contributed by atoms with Gasteiger partial charge in [0, 0.05) is 6.54 Å². The molecule has 0 atom stereocenters. The first kappa shape index (κ1) is 10.7. The first-order valence-electron chi connectivity index (χ1n) is 3.41. The molecule has 0 aliphatic carbocycles. The Morgan fingerprint density at radius 2 is 2.00 bits per heavy atom. The minimum Gasteiger partial charge on any atom is -0.371 e. The fraction of sp³-hybridized carbons (Fsp3) is 1.00. The van der Waals surface area contributed by atoms with Gasteiger partial charge in [-0.2, -0.15) is 13.2 Å². The molecule has 5 heteroatoms. The summed E-state index contributed by atoms with van der Waals surface area (Å²) < 4.78 is 38.6. The number of nitrogens with one attached hydrogen (secondary N) is 1. The van der Waals surface area contributed by atoms with Crippen LogP contribution in [0.1, 0.15) is 6.92 Å². The quantitative estimate of drug-likeness (QED) is 0.627. The molecule has 0 spiro atoms. The Hall–Kier alpha value is -0.290. The first-order chi connectivity index (χ1) is 5.06. The second-order valence-corrected chi connectivity index (χ2v) is 2.02. The van der Waals surface area contributed by atoms with E-state index < -0.39 is 12.8 Å². The third-order valence-electron chi connectivity index (χ3n) is 0.939. The zero-order chi connectivity index (χ0) is 8.74. The van der Waals surface area contributed by atoms with Crippen molar-refractivity contribution in [3.8, 4) is 0 Å². The highest BCUT2D eigenvalue weighted by molar-refractivity contribution is 4.46. The molecule has 0 saturated heterocycles. The highest BCUT2D eigenvalue weighted by Gasteiger charge is 2.26. The minimum absolute atomic E-state index is 0.105. The second kappa shape index (κ2) is 5.37. The number of hydrogen-bond donors (Lipinski definition) is 1. The van der Waals surface area contributed by atoms with Gasteiger partial charge in [0.25, 0.3) is 0 Å². The lowest BCUT2D eigenvalue weighted by atomic mass is 10.6. The van der Waals surface area contributed by atoms with E-state index >= 15 is 0 Å². The number of rotatable bonds is 5. The van der Waals surface area contributed by atoms with E-state index in [9.17, 15) is 13.2 Å². The predicted octanol–water partition coefficient (Wildman–Crippen LogP) is 1.17. The Kier molecular flexibility index (Phi) is 5.23. The second-order valence-electron chi connectivity index (χ2n) is 2.02. The van der Waals surface area contributed by atoms with Gasteiger partial charge in [-0.25, -0.2) is 0 Å². The Morgan fingerprint density at radius 1 is 1.36 bits per heavy atom. The summed E-state index contributed by atoms with van der Waals surface area (Å²) in [5, 5.41) is 2.84. The van der Waals surface area contributed by atoms with Crippen LogP contribution in [0.4, 0.5) is 13.2 Å². The molecule has 0 saturated carbocycles. The van der Waals surface area contributed by atoms with Crippen LogP contribution >= 0.6 is 0 Å². The summed E-state index contributed by atoms with van der Waals surface area (Å²) >= 11 is 0. The highest BCUT2D eigenvalue weighted by Crippen LogP contribution is 2.13. The third kappa shape index (κ3) is 9.71. The standard InChI is InChI=1S/C6H12F3NO/c1-2-10-3-4-11-5-6(7,8)9/h10H,2-5H2,1H3. The summed E-state index contributed by atoms with van der Waals surface area (Å²) in [6, 6.07) is 0. The van der Waals surface area contributed by atoms with Crippen LogP contribution in [0, 0.1) is 0 Å². The van der Waals surface area contributed by atoms with Gasteiger partial charge in [0.2, 0.25) is 0 Å². The number of likely N-dealkylation sites (N-methyl/N-ethyl adjacent to an activating group) is 1. The van der Waals surface area contributed by atoms with Crippen LogP contribution in [0.15, 0.2) is 0 Å². The Morgan fingerprint density at radius 3 is 2.45 bits per heavy atom. The minimum atomic E-state index is -4.20. The molecule has 0 aromatic heterocycles. The number of halogens is 3. The molecule has 0 fully saturated rings. The van der Waals surface area contributed by atoms with Gasteiger partial charge in [-0.3, -0.25) is 0 Å². The van der Waals surface area contributed by atoms with E-state index in [0.29, 0.717) is 6.54 Å². The fourth-order valence-electron chi connectivity index (χ4n) is 0.509. The molecule has 0 aromatic carbocycles. The maximum absolute atomic E-state index is 11.4. The molecular formula is C6H12F3NO. The smallest absolute Gasteiger partial charge is 0.371 e. The average Bonchev–Trinajstić information content (AvgIpc) is 1.85. The molecule has 0 rings (SSSR count). The van der Waals surface area contributed by atoms with Crippen molar-refractivity contribution in [2.45, 2.75) is 13.1 Å². The van der Waals surface area contributed by atoms with Crippen molar-refractivity contribution in [3.05, 3.63) is 0 Å². The van der Waals surface area contributed by atoms with Crippen LogP contribution in [-0.2, 0) is 4.74 Å². The van der Waals surface area contributed by atoms with Crippen LogP contribution in [0.2, 0.25) is 0 Å². The molecule has 68 valence electrons. The maximum atomic E-state index is 11.4. The van der Waals surface area contributed by atoms with E-state index in [2.05, 4.69) is 10.1 Å². The molecule has 11 heavy (non-hydrogen) atoms. The molecule has 0 aromatic rings. The summed E-state index contributed by atoms with van der Waals surface area (Å²) in [7, 11) is 0. The van der Waals surface area contributed by atoms with Crippen molar-refractivity contribution in [3.63, 3.8) is 0 Å². The van der Waals surface area contributed by atoms with Gasteiger partial charge in [-0.15, -0.1) is 0 Å². The van der Waals surface area contributed by atoms with E-state index in [1.54, 1.807) is 0 Å². The van der Waals surface area contributed by atoms with Gasteiger partial charge in [-0.1, -0.05) is 6.92 Å². The normalized spacial score (nSPS) is 12.0. The van der Waals surface area contributed by atoms with E-state index in [-0.39, 0.29) is 6.61 Å². The zero-order valence-electron chi connectivity index (χ0n) is 6.37. The van der Waals surface area contributed by atoms with Crippen molar-refractivity contribution < 1.29 is 17.9 Å². The van der Waals surface area contributed by atoms with Crippen LogP contribution in [0.5, 0.6) is 0 Å². The van der Waals surface area contributed by atoms with Crippen LogP contribution < -0.4 is 5.32 Å². The van der Waals surface area contributed by atoms with Crippen molar-refractivity contribution in [2.24, 2.45) is 0 Å². The molecule has 0 bridgehead atoms. The van der Waals surface area contributed by atoms with E-state index in [1.165, 1.54) is 0 Å². The molecule has 2 nitrogen and oxygen atoms in total. The zero-order valence-corrected chi connectivity index (χ0v) is 6.37. The lowest BCUT2D eigenvalue weighted by Crippen LogP contribution is -2.23. The molecular weight excluding hydrogens is 159 g/mol. The van der Waals surface area contributed by atoms with Crippen molar-refractivity contribution >= 4 is 0 Å². The van der Waals surface area contributed by atoms with E-state index in [0.717, 1.165) is 6.54 Å². The van der Waals surface area contributed by atoms with Gasteiger partial charge in [0.05, 0.1) is 6.61 Å². The number of ether oxygens (including phenoxy) is 1. The fourth-order valence-corrected chi connectivity index (χ4v) is 0.509. The number of alkyl halides is 3. The summed E-state index contributed by atoms with van der Waals surface area (Å²) in [6.07, 6.45) is -4.20. The highest BCUT2D eigenvalue weighted by atomic mass is 19.4. The predicted molar refractivity (Wildman–Crippen MR) is 35.4 cm³/mol. The Balaban J connectivity index is 3.02. The van der Waals surface area contributed by atoms with E-state index in [1.807, 2.05) is 6.92 Å². The summed E-state index contributed by atoms with van der Waals surface area (Å²) in [5.41, 5.74) is 0. The monoisotopic (exact) mass is 171 g/mol. The summed E-state index contributed by atoms with van der Waals surface area (Å²) in [6.45, 7) is 2.04. The topological polar surface area (TPSA) is 21.3 Å². The Labute approximate surface area is 63.7 Å². The van der Waals surface area contributed by atoms with E-state index in [4.69, 9.17) is 0 Å². The van der Waals surface area contributed by atoms with Crippen LogP contribution in [0.25, 0.3) is 0 Å². The van der Waals surface area contributed by atoms with Gasteiger partial charge in [0.1, 0.15) is 6.61 Å². The van der Waals surface area contributed by atoms with Crippen LogP contribution in [-0.4, -0.2) is 32.5 Å². The van der Waals surface area contributed by atoms with Gasteiger partial charge < -0.3 is 10.1 Å². The SMILES string of the molecule is CCNCCOCC(F)(F)F. The van der Waals surface area contributed by atoms with Gasteiger partial charge in [0.15, 0.2) is 0 Å². The summed E-state index contributed by atoms with van der Waals surface area (Å²) in [4.78, 5) is 0. The molecule has 1 N–H and O–H groups in total. The Bertz CT molecular complexity index is 94.3. The summed E-state index contributed by atoms with van der Waals surface area (Å²) in [5.74, 6) is 0. The van der Waals surface area contributed by atoms with Crippen LogP contribution in [0.3, 0.4) is 0 Å². The molecule has 0 amide bonds. The van der Waals surface area contributed by atoms with Gasteiger partial charge in [-0.05, 0) is 6.54 Å². The molecule has 0 radical (unpaired) electrons. The molecule has 0 heterocycles. The van der Waals surface area contributed by atoms with Crippen molar-refractivity contribution in [1.82, 2.24) is 5.32 Å². The lowest BCUT2D eigenvalue weighted by Gasteiger charge is -2.06. The van der Waals surface area contributed by atoms with Crippen molar-refractivity contribution in [1.29, 1.82) is 0 Å². The molecule has 0 unspecified atom stereocenters. The average molecular weight is 171 g/mol. The number of hydrogen-bond acceptors (Lipinski definition) is 2. The lowest BCUT2D eigenvalue weighted by molar-refractivity contribution is -0.173. The molecule has 0 aliphatic rings. The third-order valence-corrected chi connectivity index (χ3v) is 0.939. The van der Waals surface area contributed by atoms with Crippen molar-refractivity contribution in [2.75, 3.05) is 26.3 Å². The largest absolute Gasteiger partial charge is 0.411 e. The van der Waals surface area contributed by atoms with Gasteiger partial charge >= 0.3 is 6.18 Å². The molecule has 0 aliphatic heterocycles. The first-order valence-corrected chi connectivity index (χ1v) is 3.41.